The van der Waals surface area contributed by atoms with Gasteiger partial charge in [-0.15, -0.1) is 0 Å². The predicted molar refractivity (Wildman–Crippen MR) is 65.0 cm³/mol. The first-order chi connectivity index (χ1) is 7.47. The number of nitrogens with zero attached hydrogens (tertiary/aromatic N) is 1. The van der Waals surface area contributed by atoms with Crippen LogP contribution in [0.4, 0.5) is 0 Å². The number of hydrogen-bond acceptors (Lipinski definition) is 2. The number of carbonyl (C=O) groups excluding carboxylic acids is 2. The lowest BCUT2D eigenvalue weighted by Crippen LogP contribution is -2.36. The molecule has 4 nitrogen and oxygen atoms in total. The van der Waals surface area contributed by atoms with Gasteiger partial charge in [-0.05, 0) is 12.3 Å². The van der Waals surface area contributed by atoms with Gasteiger partial charge in [-0.25, -0.2) is 0 Å². The van der Waals surface area contributed by atoms with Gasteiger partial charge in [0.15, 0.2) is 0 Å². The Hall–Kier alpha value is -1.06. The Morgan fingerprint density at radius 2 is 1.94 bits per heavy atom. The minimum atomic E-state index is 0.0249. The van der Waals surface area contributed by atoms with Crippen LogP contribution in [0, 0.1) is 5.92 Å². The number of rotatable bonds is 7. The summed E-state index contributed by atoms with van der Waals surface area (Å²) in [5.74, 6) is 0.497. The summed E-state index contributed by atoms with van der Waals surface area (Å²) in [5.41, 5.74) is 0. The molecule has 0 fully saturated rings. The fourth-order valence-electron chi connectivity index (χ4n) is 1.41. The van der Waals surface area contributed by atoms with Crippen LogP contribution >= 0.6 is 0 Å². The molecule has 0 spiro atoms. The van der Waals surface area contributed by atoms with E-state index in [1.54, 1.807) is 11.8 Å². The molecule has 0 bridgehead atoms. The summed E-state index contributed by atoms with van der Waals surface area (Å²) < 4.78 is 0. The Balaban J connectivity index is 3.92. The van der Waals surface area contributed by atoms with Crippen LogP contribution < -0.4 is 5.32 Å². The van der Waals surface area contributed by atoms with E-state index in [0.29, 0.717) is 25.4 Å². The van der Waals surface area contributed by atoms with E-state index in [4.69, 9.17) is 0 Å². The van der Waals surface area contributed by atoms with Gasteiger partial charge in [0, 0.05) is 33.0 Å². The van der Waals surface area contributed by atoms with Gasteiger partial charge >= 0.3 is 0 Å². The quantitative estimate of drug-likeness (QED) is 0.716. The minimum Gasteiger partial charge on any atom is -0.356 e. The highest BCUT2D eigenvalue weighted by Gasteiger charge is 2.11. The molecule has 0 aromatic carbocycles. The second-order valence-corrected chi connectivity index (χ2v) is 4.46. The lowest BCUT2D eigenvalue weighted by Gasteiger charge is -2.22. The molecular weight excluding hydrogens is 204 g/mol. The fraction of sp³-hybridized carbons (Fsp3) is 0.833. The molecule has 0 saturated carbocycles. The summed E-state index contributed by atoms with van der Waals surface area (Å²) in [6, 6.07) is 0. The highest BCUT2D eigenvalue weighted by molar-refractivity contribution is 5.77. The van der Waals surface area contributed by atoms with Crippen molar-refractivity contribution in [1.82, 2.24) is 10.2 Å². The normalized spacial score (nSPS) is 10.3. The van der Waals surface area contributed by atoms with Crippen molar-refractivity contribution < 1.29 is 9.59 Å². The summed E-state index contributed by atoms with van der Waals surface area (Å²) in [6.45, 7) is 9.63. The lowest BCUT2D eigenvalue weighted by atomic mass is 10.2. The molecule has 0 atom stereocenters. The molecule has 1 N–H and O–H groups in total. The Labute approximate surface area is 98.4 Å². The molecular formula is C12H24N2O2. The molecule has 0 radical (unpaired) electrons. The van der Waals surface area contributed by atoms with Crippen LogP contribution in [0.1, 0.15) is 40.5 Å². The van der Waals surface area contributed by atoms with Crippen molar-refractivity contribution in [2.75, 3.05) is 19.6 Å². The summed E-state index contributed by atoms with van der Waals surface area (Å²) in [4.78, 5) is 24.4. The third kappa shape index (κ3) is 7.26. The standard InChI is InChI=1S/C12H24N2O2/c1-5-7-13-12(16)6-8-14(11(4)15)9-10(2)3/h10H,5-9H2,1-4H3,(H,13,16). The zero-order chi connectivity index (χ0) is 12.6. The van der Waals surface area contributed by atoms with Crippen LogP contribution in [-0.4, -0.2) is 36.3 Å². The maximum atomic E-state index is 11.4. The van der Waals surface area contributed by atoms with Crippen LogP contribution in [0.2, 0.25) is 0 Å². The molecule has 0 aromatic rings. The van der Waals surface area contributed by atoms with E-state index in [9.17, 15) is 9.59 Å². The second-order valence-electron chi connectivity index (χ2n) is 4.46. The van der Waals surface area contributed by atoms with Crippen molar-refractivity contribution in [2.24, 2.45) is 5.92 Å². The van der Waals surface area contributed by atoms with Crippen molar-refractivity contribution in [3.63, 3.8) is 0 Å². The van der Waals surface area contributed by atoms with Crippen LogP contribution in [0.15, 0.2) is 0 Å². The van der Waals surface area contributed by atoms with Gasteiger partial charge in [-0.1, -0.05) is 20.8 Å². The van der Waals surface area contributed by atoms with Gasteiger partial charge < -0.3 is 10.2 Å². The van der Waals surface area contributed by atoms with Crippen LogP contribution in [-0.2, 0) is 9.59 Å². The maximum absolute atomic E-state index is 11.4. The van der Waals surface area contributed by atoms with Crippen LogP contribution in [0.3, 0.4) is 0 Å². The molecule has 0 aliphatic heterocycles. The van der Waals surface area contributed by atoms with Gasteiger partial charge in [0.1, 0.15) is 0 Å². The van der Waals surface area contributed by atoms with Gasteiger partial charge in [-0.2, -0.15) is 0 Å². The average molecular weight is 228 g/mol. The number of nitrogens with one attached hydrogen (secondary N) is 1. The van der Waals surface area contributed by atoms with Crippen LogP contribution in [0.25, 0.3) is 0 Å². The topological polar surface area (TPSA) is 49.4 Å². The Morgan fingerprint density at radius 1 is 1.31 bits per heavy atom. The van der Waals surface area contributed by atoms with Gasteiger partial charge in [-0.3, -0.25) is 9.59 Å². The van der Waals surface area contributed by atoms with Crippen molar-refractivity contribution >= 4 is 11.8 Å². The molecule has 0 aromatic heterocycles. The highest BCUT2D eigenvalue weighted by atomic mass is 16.2. The van der Waals surface area contributed by atoms with Crippen molar-refractivity contribution in [3.8, 4) is 0 Å². The largest absolute Gasteiger partial charge is 0.356 e. The maximum Gasteiger partial charge on any atom is 0.221 e. The van der Waals surface area contributed by atoms with E-state index in [0.717, 1.165) is 13.0 Å². The average Bonchev–Trinajstić information content (AvgIpc) is 2.20. The number of carbonyl (C=O) groups is 2. The van der Waals surface area contributed by atoms with Gasteiger partial charge in [0.2, 0.25) is 11.8 Å². The van der Waals surface area contributed by atoms with E-state index in [1.807, 2.05) is 6.92 Å². The molecule has 4 heteroatoms. The summed E-state index contributed by atoms with van der Waals surface area (Å²) in [7, 11) is 0. The highest BCUT2D eigenvalue weighted by Crippen LogP contribution is 2.00. The molecule has 0 aliphatic rings. The summed E-state index contributed by atoms with van der Waals surface area (Å²) in [5, 5.41) is 2.80. The van der Waals surface area contributed by atoms with Gasteiger partial charge in [0.05, 0.1) is 0 Å². The summed E-state index contributed by atoms with van der Waals surface area (Å²) >= 11 is 0. The fourth-order valence-corrected chi connectivity index (χ4v) is 1.41. The monoisotopic (exact) mass is 228 g/mol. The lowest BCUT2D eigenvalue weighted by molar-refractivity contribution is -0.130. The molecule has 0 saturated heterocycles. The van der Waals surface area contributed by atoms with E-state index >= 15 is 0 Å². The van der Waals surface area contributed by atoms with Crippen molar-refractivity contribution in [1.29, 1.82) is 0 Å². The number of hydrogen-bond donors (Lipinski definition) is 1. The Morgan fingerprint density at radius 3 is 2.38 bits per heavy atom. The molecule has 0 unspecified atom stereocenters. The molecule has 0 heterocycles. The zero-order valence-electron chi connectivity index (χ0n) is 10.9. The first-order valence-corrected chi connectivity index (χ1v) is 5.99. The third-order valence-corrected chi connectivity index (χ3v) is 2.21. The van der Waals surface area contributed by atoms with E-state index in [1.165, 1.54) is 0 Å². The minimum absolute atomic E-state index is 0.0249. The zero-order valence-corrected chi connectivity index (χ0v) is 10.9. The second kappa shape index (κ2) is 8.13. The first-order valence-electron chi connectivity index (χ1n) is 5.99. The smallest absolute Gasteiger partial charge is 0.221 e. The molecule has 0 aliphatic carbocycles. The van der Waals surface area contributed by atoms with E-state index in [-0.39, 0.29) is 11.8 Å². The Bertz CT molecular complexity index is 227. The Kier molecular flexibility index (Phi) is 7.60. The molecule has 94 valence electrons. The van der Waals surface area contributed by atoms with Crippen molar-refractivity contribution in [3.05, 3.63) is 0 Å². The summed E-state index contributed by atoms with van der Waals surface area (Å²) in [6.07, 6.45) is 1.33. The van der Waals surface area contributed by atoms with Crippen molar-refractivity contribution in [2.45, 2.75) is 40.5 Å². The predicted octanol–water partition coefficient (Wildman–Crippen LogP) is 1.41. The molecule has 2 amide bonds. The number of amides is 2. The van der Waals surface area contributed by atoms with Crippen LogP contribution in [0.5, 0.6) is 0 Å². The van der Waals surface area contributed by atoms with E-state index < -0.39 is 0 Å². The SMILES string of the molecule is CCCNC(=O)CCN(CC(C)C)C(C)=O. The van der Waals surface area contributed by atoms with Gasteiger partial charge in [0.25, 0.3) is 0 Å². The first kappa shape index (κ1) is 14.9. The molecule has 0 rings (SSSR count). The van der Waals surface area contributed by atoms with E-state index in [2.05, 4.69) is 19.2 Å². The third-order valence-electron chi connectivity index (χ3n) is 2.21. The molecule has 16 heavy (non-hydrogen) atoms.